The fourth-order valence-electron chi connectivity index (χ4n) is 1.60. The smallest absolute Gasteiger partial charge is 0.151 e. The van der Waals surface area contributed by atoms with Crippen molar-refractivity contribution in [3.63, 3.8) is 0 Å². The number of nitrogens with one attached hydrogen (secondary N) is 1. The maximum Gasteiger partial charge on any atom is 0.151 e. The molecule has 4 heteroatoms. The quantitative estimate of drug-likeness (QED) is 0.891. The van der Waals surface area contributed by atoms with Crippen molar-refractivity contribution < 1.29 is 0 Å². The molecule has 0 atom stereocenters. The lowest BCUT2D eigenvalue weighted by Gasteiger charge is -2.09. The van der Waals surface area contributed by atoms with Crippen LogP contribution < -0.4 is 5.32 Å². The maximum atomic E-state index is 8.94. The van der Waals surface area contributed by atoms with Crippen LogP contribution in [0.25, 0.3) is 0 Å². The molecule has 1 aromatic heterocycles. The van der Waals surface area contributed by atoms with Crippen molar-refractivity contribution in [1.82, 2.24) is 9.97 Å². The van der Waals surface area contributed by atoms with Crippen LogP contribution in [0, 0.1) is 11.3 Å². The Hall–Kier alpha value is -2.41. The first-order chi connectivity index (χ1) is 8.70. The second-order valence-electron chi connectivity index (χ2n) is 4.30. The van der Waals surface area contributed by atoms with E-state index in [9.17, 15) is 0 Å². The minimum atomic E-state index is 0.436. The van der Waals surface area contributed by atoms with Gasteiger partial charge in [-0.15, -0.1) is 0 Å². The van der Waals surface area contributed by atoms with Crippen LogP contribution in [0.3, 0.4) is 0 Å². The highest BCUT2D eigenvalue weighted by atomic mass is 15.0. The molecular weight excluding hydrogens is 224 g/mol. The third-order valence-corrected chi connectivity index (χ3v) is 2.67. The lowest BCUT2D eigenvalue weighted by molar-refractivity contribution is 0.867. The first-order valence-corrected chi connectivity index (χ1v) is 5.78. The molecular formula is C14H14N4. The molecule has 0 aliphatic rings. The molecule has 0 fully saturated rings. The van der Waals surface area contributed by atoms with Crippen molar-refractivity contribution in [2.24, 2.45) is 0 Å². The van der Waals surface area contributed by atoms with Crippen LogP contribution in [0.4, 0.5) is 11.5 Å². The van der Waals surface area contributed by atoms with Crippen molar-refractivity contribution in [3.05, 3.63) is 47.9 Å². The van der Waals surface area contributed by atoms with Crippen LogP contribution in [0.1, 0.15) is 30.9 Å². The van der Waals surface area contributed by atoms with E-state index < -0.39 is 0 Å². The van der Waals surface area contributed by atoms with E-state index in [2.05, 4.69) is 47.3 Å². The van der Waals surface area contributed by atoms with E-state index in [-0.39, 0.29) is 0 Å². The Kier molecular flexibility index (Phi) is 3.54. The van der Waals surface area contributed by atoms with Gasteiger partial charge in [-0.1, -0.05) is 26.0 Å². The molecule has 0 aliphatic carbocycles. The van der Waals surface area contributed by atoms with Gasteiger partial charge in [0.25, 0.3) is 0 Å². The van der Waals surface area contributed by atoms with Crippen LogP contribution in [-0.4, -0.2) is 9.97 Å². The number of hydrogen-bond donors (Lipinski definition) is 1. The lowest BCUT2D eigenvalue weighted by Crippen LogP contribution is -1.97. The van der Waals surface area contributed by atoms with E-state index in [1.54, 1.807) is 0 Å². The van der Waals surface area contributed by atoms with Gasteiger partial charge >= 0.3 is 0 Å². The number of anilines is 2. The van der Waals surface area contributed by atoms with Crippen LogP contribution in [0.5, 0.6) is 0 Å². The topological polar surface area (TPSA) is 61.6 Å². The molecule has 1 heterocycles. The average molecular weight is 238 g/mol. The number of aromatic nitrogens is 2. The maximum absolute atomic E-state index is 8.94. The lowest BCUT2D eigenvalue weighted by atomic mass is 10.0. The summed E-state index contributed by atoms with van der Waals surface area (Å²) >= 11 is 0. The van der Waals surface area contributed by atoms with Crippen molar-refractivity contribution in [1.29, 1.82) is 5.26 Å². The zero-order chi connectivity index (χ0) is 13.0. The van der Waals surface area contributed by atoms with Gasteiger partial charge in [0.1, 0.15) is 18.0 Å². The molecule has 0 saturated heterocycles. The Morgan fingerprint density at radius 3 is 2.56 bits per heavy atom. The molecule has 2 aromatic rings. The van der Waals surface area contributed by atoms with Gasteiger partial charge in [-0.2, -0.15) is 5.26 Å². The summed E-state index contributed by atoms with van der Waals surface area (Å²) < 4.78 is 0. The van der Waals surface area contributed by atoms with E-state index in [0.29, 0.717) is 17.3 Å². The molecule has 0 radical (unpaired) electrons. The van der Waals surface area contributed by atoms with E-state index in [4.69, 9.17) is 5.26 Å². The van der Waals surface area contributed by atoms with Gasteiger partial charge in [-0.3, -0.25) is 0 Å². The Balaban J connectivity index is 2.22. The summed E-state index contributed by atoms with van der Waals surface area (Å²) in [6, 6.07) is 10.2. The Morgan fingerprint density at radius 1 is 1.22 bits per heavy atom. The minimum Gasteiger partial charge on any atom is -0.339 e. The number of nitrogens with zero attached hydrogens (tertiary/aromatic N) is 3. The van der Waals surface area contributed by atoms with E-state index in [1.165, 1.54) is 18.1 Å². The van der Waals surface area contributed by atoms with Gasteiger partial charge in [0.05, 0.1) is 6.20 Å². The summed E-state index contributed by atoms with van der Waals surface area (Å²) in [7, 11) is 0. The zero-order valence-corrected chi connectivity index (χ0v) is 10.4. The summed E-state index contributed by atoms with van der Waals surface area (Å²) in [6.07, 6.45) is 2.92. The third-order valence-electron chi connectivity index (χ3n) is 2.67. The zero-order valence-electron chi connectivity index (χ0n) is 10.4. The van der Waals surface area contributed by atoms with Crippen molar-refractivity contribution in [3.8, 4) is 6.07 Å². The van der Waals surface area contributed by atoms with Crippen LogP contribution in [-0.2, 0) is 0 Å². The fraction of sp³-hybridized carbons (Fsp3) is 0.214. The molecule has 90 valence electrons. The average Bonchev–Trinajstić information content (AvgIpc) is 2.40. The van der Waals surface area contributed by atoms with E-state index >= 15 is 0 Å². The van der Waals surface area contributed by atoms with Crippen LogP contribution in [0.2, 0.25) is 0 Å². The van der Waals surface area contributed by atoms with Gasteiger partial charge < -0.3 is 5.32 Å². The van der Waals surface area contributed by atoms with Crippen molar-refractivity contribution in [2.75, 3.05) is 5.32 Å². The Morgan fingerprint density at radius 2 is 1.94 bits per heavy atom. The molecule has 2 rings (SSSR count). The highest BCUT2D eigenvalue weighted by molar-refractivity contribution is 5.61. The Labute approximate surface area is 106 Å². The molecule has 0 spiro atoms. The minimum absolute atomic E-state index is 0.436. The van der Waals surface area contributed by atoms with Gasteiger partial charge in [0.15, 0.2) is 5.82 Å². The SMILES string of the molecule is CC(C)c1ccc(Nc2ncncc2C#N)cc1. The summed E-state index contributed by atoms with van der Waals surface area (Å²) in [6.45, 7) is 4.31. The van der Waals surface area contributed by atoms with E-state index in [0.717, 1.165) is 5.69 Å². The van der Waals surface area contributed by atoms with Crippen molar-refractivity contribution >= 4 is 11.5 Å². The molecule has 0 saturated carbocycles. The van der Waals surface area contributed by atoms with Gasteiger partial charge in [0, 0.05) is 5.69 Å². The molecule has 1 aromatic carbocycles. The standard InChI is InChI=1S/C14H14N4/c1-10(2)11-3-5-13(6-4-11)18-14-12(7-15)8-16-9-17-14/h3-6,8-10H,1-2H3,(H,16,17,18). The summed E-state index contributed by atoms with van der Waals surface area (Å²) in [5.74, 6) is 1.04. The van der Waals surface area contributed by atoms with E-state index in [1.807, 2.05) is 12.1 Å². The van der Waals surface area contributed by atoms with Gasteiger partial charge in [0.2, 0.25) is 0 Å². The number of rotatable bonds is 3. The monoisotopic (exact) mass is 238 g/mol. The fourth-order valence-corrected chi connectivity index (χ4v) is 1.60. The molecule has 18 heavy (non-hydrogen) atoms. The largest absolute Gasteiger partial charge is 0.339 e. The molecule has 0 amide bonds. The molecule has 0 aliphatic heterocycles. The molecule has 4 nitrogen and oxygen atoms in total. The Bertz CT molecular complexity index is 567. The molecule has 1 N–H and O–H groups in total. The number of benzene rings is 1. The summed E-state index contributed by atoms with van der Waals surface area (Å²) in [4.78, 5) is 7.88. The molecule has 0 unspecified atom stereocenters. The second kappa shape index (κ2) is 5.28. The third kappa shape index (κ3) is 2.64. The summed E-state index contributed by atoms with van der Waals surface area (Å²) in [5, 5.41) is 12.1. The van der Waals surface area contributed by atoms with Crippen molar-refractivity contribution in [2.45, 2.75) is 19.8 Å². The highest BCUT2D eigenvalue weighted by Crippen LogP contribution is 2.20. The number of hydrogen-bond acceptors (Lipinski definition) is 4. The second-order valence-corrected chi connectivity index (χ2v) is 4.30. The first kappa shape index (κ1) is 12.1. The predicted octanol–water partition coefficient (Wildman–Crippen LogP) is 3.22. The normalized spacial score (nSPS) is 10.1. The van der Waals surface area contributed by atoms with Crippen LogP contribution >= 0.6 is 0 Å². The first-order valence-electron chi connectivity index (χ1n) is 5.78. The predicted molar refractivity (Wildman–Crippen MR) is 70.6 cm³/mol. The van der Waals surface area contributed by atoms with Gasteiger partial charge in [-0.05, 0) is 23.6 Å². The molecule has 0 bridgehead atoms. The highest BCUT2D eigenvalue weighted by Gasteiger charge is 2.04. The number of nitriles is 1. The van der Waals surface area contributed by atoms with Crippen LogP contribution in [0.15, 0.2) is 36.8 Å². The van der Waals surface area contributed by atoms with Gasteiger partial charge in [-0.25, -0.2) is 9.97 Å². The summed E-state index contributed by atoms with van der Waals surface area (Å²) in [5.41, 5.74) is 2.63.